The van der Waals surface area contributed by atoms with Gasteiger partial charge in [-0.05, 0) is 38.0 Å². The van der Waals surface area contributed by atoms with Crippen LogP contribution >= 0.6 is 0 Å². The van der Waals surface area contributed by atoms with Gasteiger partial charge in [0.1, 0.15) is 12.0 Å². The van der Waals surface area contributed by atoms with Gasteiger partial charge in [-0.3, -0.25) is 9.47 Å². The first-order valence-electron chi connectivity index (χ1n) is 10.8. The molecule has 1 aliphatic rings. The van der Waals surface area contributed by atoms with Gasteiger partial charge in [0.2, 0.25) is 0 Å². The van der Waals surface area contributed by atoms with E-state index in [1.165, 1.54) is 30.0 Å². The van der Waals surface area contributed by atoms with Crippen molar-refractivity contribution in [2.45, 2.75) is 46.1 Å². The minimum absolute atomic E-state index is 0.0585. The van der Waals surface area contributed by atoms with E-state index in [4.69, 9.17) is 4.74 Å². The predicted molar refractivity (Wildman–Crippen MR) is 118 cm³/mol. The van der Waals surface area contributed by atoms with E-state index >= 15 is 0 Å². The van der Waals surface area contributed by atoms with Gasteiger partial charge in [-0.25, -0.2) is 23.5 Å². The number of aryl methyl sites for hydroxylation is 1. The van der Waals surface area contributed by atoms with Gasteiger partial charge in [-0.15, -0.1) is 0 Å². The number of halogens is 2. The molecule has 4 aromatic rings. The number of nitrogens with zero attached hydrogens (tertiary/aromatic N) is 6. The molecule has 1 fully saturated rings. The van der Waals surface area contributed by atoms with Crippen molar-refractivity contribution in [3.63, 3.8) is 0 Å². The zero-order chi connectivity index (χ0) is 23.3. The fraction of sp³-hybridized carbons (Fsp3) is 0.391. The van der Waals surface area contributed by atoms with Gasteiger partial charge in [0.15, 0.2) is 17.3 Å². The van der Waals surface area contributed by atoms with Crippen LogP contribution in [0.15, 0.2) is 35.5 Å². The number of rotatable bonds is 4. The van der Waals surface area contributed by atoms with Crippen molar-refractivity contribution in [2.24, 2.45) is 0 Å². The Morgan fingerprint density at radius 3 is 2.58 bits per heavy atom. The summed E-state index contributed by atoms with van der Waals surface area (Å²) in [6.07, 6.45) is 3.29. The second kappa shape index (κ2) is 8.27. The number of morpholine rings is 1. The topological polar surface area (TPSA) is 77.5 Å². The molecular formula is C23H24F2N6O2. The lowest BCUT2D eigenvalue weighted by molar-refractivity contribution is -0.0705. The van der Waals surface area contributed by atoms with Crippen LogP contribution in [-0.2, 0) is 17.8 Å². The highest BCUT2D eigenvalue weighted by molar-refractivity contribution is 5.89. The normalized spacial score (nSPS) is 19.5. The molecule has 0 bridgehead atoms. The molecule has 0 amide bonds. The van der Waals surface area contributed by atoms with Crippen LogP contribution in [-0.4, -0.2) is 54.3 Å². The second-order valence-corrected chi connectivity index (χ2v) is 8.70. The molecule has 4 heterocycles. The minimum Gasteiger partial charge on any atom is -0.373 e. The number of hydrogen-bond donors (Lipinski definition) is 0. The predicted octanol–water partition coefficient (Wildman–Crippen LogP) is 2.68. The molecule has 5 rings (SSSR count). The molecule has 3 aromatic heterocycles. The average Bonchev–Trinajstić information content (AvgIpc) is 3.26. The summed E-state index contributed by atoms with van der Waals surface area (Å²) in [5.41, 5.74) is 1.41. The number of benzene rings is 1. The molecule has 1 aliphatic heterocycles. The average molecular weight is 454 g/mol. The number of fused-ring (bicyclic) bond motifs is 3. The first-order valence-corrected chi connectivity index (χ1v) is 10.8. The third-order valence-corrected chi connectivity index (χ3v) is 5.96. The van der Waals surface area contributed by atoms with E-state index in [0.717, 1.165) is 23.2 Å². The first kappa shape index (κ1) is 21.6. The van der Waals surface area contributed by atoms with E-state index in [0.29, 0.717) is 23.2 Å². The van der Waals surface area contributed by atoms with Crippen molar-refractivity contribution in [2.75, 3.05) is 13.1 Å². The molecule has 0 aliphatic carbocycles. The van der Waals surface area contributed by atoms with Crippen LogP contribution in [0.25, 0.3) is 16.7 Å². The zero-order valence-electron chi connectivity index (χ0n) is 18.6. The Kier molecular flexibility index (Phi) is 5.41. The molecule has 0 spiro atoms. The molecule has 0 N–H and O–H groups in total. The lowest BCUT2D eigenvalue weighted by atomic mass is 10.1. The summed E-state index contributed by atoms with van der Waals surface area (Å²) in [6, 6.07) is 4.90. The maximum absolute atomic E-state index is 14.6. The summed E-state index contributed by atoms with van der Waals surface area (Å²) in [6.45, 7) is 7.68. The molecule has 1 saturated heterocycles. The molecule has 2 atom stereocenters. The summed E-state index contributed by atoms with van der Waals surface area (Å²) in [4.78, 5) is 24.2. The molecule has 1 aromatic carbocycles. The van der Waals surface area contributed by atoms with E-state index in [9.17, 15) is 13.6 Å². The van der Waals surface area contributed by atoms with Gasteiger partial charge in [-0.2, -0.15) is 9.61 Å². The molecule has 10 heteroatoms. The van der Waals surface area contributed by atoms with Crippen molar-refractivity contribution < 1.29 is 13.5 Å². The van der Waals surface area contributed by atoms with Crippen LogP contribution in [0.1, 0.15) is 30.5 Å². The van der Waals surface area contributed by atoms with Crippen LogP contribution in [0.3, 0.4) is 0 Å². The largest absolute Gasteiger partial charge is 0.373 e. The number of ether oxygens (including phenoxy) is 1. The minimum atomic E-state index is -0.971. The van der Waals surface area contributed by atoms with Crippen molar-refractivity contribution >= 4 is 16.7 Å². The Labute approximate surface area is 188 Å². The molecule has 0 radical (unpaired) electrons. The highest BCUT2D eigenvalue weighted by Gasteiger charge is 2.23. The Hall–Kier alpha value is -3.24. The van der Waals surface area contributed by atoms with E-state index in [2.05, 4.69) is 20.0 Å². The number of hydrogen-bond acceptors (Lipinski definition) is 6. The maximum atomic E-state index is 14.6. The fourth-order valence-electron chi connectivity index (χ4n) is 4.53. The van der Waals surface area contributed by atoms with Gasteiger partial charge >= 0.3 is 5.69 Å². The maximum Gasteiger partial charge on any atom is 0.352 e. The highest BCUT2D eigenvalue weighted by Crippen LogP contribution is 2.22. The van der Waals surface area contributed by atoms with Crippen molar-refractivity contribution in [3.05, 3.63) is 69.5 Å². The van der Waals surface area contributed by atoms with Crippen LogP contribution in [0, 0.1) is 18.6 Å². The van der Waals surface area contributed by atoms with Crippen molar-refractivity contribution in [1.82, 2.24) is 29.0 Å². The lowest BCUT2D eigenvalue weighted by Crippen LogP contribution is -2.44. The highest BCUT2D eigenvalue weighted by atomic mass is 19.2. The summed E-state index contributed by atoms with van der Waals surface area (Å²) >= 11 is 0. The van der Waals surface area contributed by atoms with Crippen LogP contribution in [0.5, 0.6) is 0 Å². The van der Waals surface area contributed by atoms with E-state index < -0.39 is 17.3 Å². The Balaban J connectivity index is 1.59. The van der Waals surface area contributed by atoms with E-state index in [-0.39, 0.29) is 29.9 Å². The van der Waals surface area contributed by atoms with E-state index in [1.54, 1.807) is 6.20 Å². The number of aromatic nitrogens is 5. The fourth-order valence-corrected chi connectivity index (χ4v) is 4.53. The molecular weight excluding hydrogens is 430 g/mol. The smallest absolute Gasteiger partial charge is 0.352 e. The standard InChI is InChI=1S/C23H24F2N6O2/c1-13-4-5-17(20(25)19(13)24)11-30-21-18(22-27-12-28-31(22)23(30)32)6-16(7-26-21)10-29-8-14(2)33-15(3)9-29/h4-7,12,14-15H,8-11H2,1-3H3/t14-,15+. The van der Waals surface area contributed by atoms with Crippen LogP contribution < -0.4 is 5.69 Å². The Morgan fingerprint density at radius 2 is 1.82 bits per heavy atom. The zero-order valence-corrected chi connectivity index (χ0v) is 18.6. The Bertz CT molecular complexity index is 1410. The summed E-state index contributed by atoms with van der Waals surface area (Å²) in [5, 5.41) is 4.66. The van der Waals surface area contributed by atoms with Crippen LogP contribution in [0.4, 0.5) is 8.78 Å². The molecule has 33 heavy (non-hydrogen) atoms. The summed E-state index contributed by atoms with van der Waals surface area (Å²) in [7, 11) is 0. The van der Waals surface area contributed by atoms with E-state index in [1.807, 2.05) is 19.9 Å². The van der Waals surface area contributed by atoms with Gasteiger partial charge < -0.3 is 4.74 Å². The van der Waals surface area contributed by atoms with Gasteiger partial charge in [-0.1, -0.05) is 12.1 Å². The number of pyridine rings is 1. The lowest BCUT2D eigenvalue weighted by Gasteiger charge is -2.35. The third kappa shape index (κ3) is 3.89. The SMILES string of the molecule is Cc1ccc(Cn2c(=O)n3ncnc3c3cc(CN4C[C@@H](C)O[C@@H](C)C4)cnc32)c(F)c1F. The van der Waals surface area contributed by atoms with Crippen molar-refractivity contribution in [1.29, 1.82) is 0 Å². The van der Waals surface area contributed by atoms with Gasteiger partial charge in [0.05, 0.1) is 24.1 Å². The van der Waals surface area contributed by atoms with Gasteiger partial charge in [0, 0.05) is 31.4 Å². The molecule has 0 unspecified atom stereocenters. The first-order chi connectivity index (χ1) is 15.8. The molecule has 8 nitrogen and oxygen atoms in total. The third-order valence-electron chi connectivity index (χ3n) is 5.96. The quantitative estimate of drug-likeness (QED) is 0.472. The monoisotopic (exact) mass is 454 g/mol. The second-order valence-electron chi connectivity index (χ2n) is 8.70. The van der Waals surface area contributed by atoms with Crippen molar-refractivity contribution in [3.8, 4) is 0 Å². The summed E-state index contributed by atoms with van der Waals surface area (Å²) < 4.78 is 37.0. The summed E-state index contributed by atoms with van der Waals surface area (Å²) in [5.74, 6) is -1.89. The van der Waals surface area contributed by atoms with Crippen LogP contribution in [0.2, 0.25) is 0 Å². The van der Waals surface area contributed by atoms with Gasteiger partial charge in [0.25, 0.3) is 0 Å². The molecule has 0 saturated carbocycles. The Morgan fingerprint density at radius 1 is 1.06 bits per heavy atom. The molecule has 172 valence electrons.